The number of likely N-dealkylation sites (tertiary alicyclic amines) is 1. The van der Waals surface area contributed by atoms with Gasteiger partial charge in [-0.15, -0.1) is 0 Å². The molecular formula is C25H28F3N3O. The molecule has 0 saturated carbocycles. The number of hydrogen-bond donors (Lipinski definition) is 0. The van der Waals surface area contributed by atoms with Gasteiger partial charge in [-0.25, -0.2) is 18.2 Å². The van der Waals surface area contributed by atoms with E-state index in [1.165, 1.54) is 11.9 Å². The number of nitrogens with zero attached hydrogens (tertiary/aromatic N) is 3. The Morgan fingerprint density at radius 2 is 1.97 bits per heavy atom. The number of alkyl halides is 1. The van der Waals surface area contributed by atoms with Crippen LogP contribution in [0.1, 0.15) is 50.2 Å². The Morgan fingerprint density at radius 3 is 2.69 bits per heavy atom. The Labute approximate surface area is 186 Å². The molecule has 1 amide bonds. The van der Waals surface area contributed by atoms with Gasteiger partial charge in [-0.2, -0.15) is 5.10 Å². The summed E-state index contributed by atoms with van der Waals surface area (Å²) in [6.45, 7) is 3.45. The summed E-state index contributed by atoms with van der Waals surface area (Å²) < 4.78 is 42.2. The molecule has 0 bridgehead atoms. The molecule has 2 aliphatic rings. The van der Waals surface area contributed by atoms with Crippen LogP contribution >= 0.6 is 0 Å². The third kappa shape index (κ3) is 4.58. The molecule has 2 aromatic carbocycles. The zero-order valence-electron chi connectivity index (χ0n) is 18.2. The first-order chi connectivity index (χ1) is 15.4. The number of carbonyl (C=O) groups excluding carboxylic acids is 1. The molecule has 2 aliphatic heterocycles. The molecule has 0 spiro atoms. The van der Waals surface area contributed by atoms with Crippen LogP contribution < -0.4 is 0 Å². The molecule has 0 aromatic heterocycles. The Bertz CT molecular complexity index is 997. The van der Waals surface area contributed by atoms with E-state index in [1.54, 1.807) is 0 Å². The molecule has 4 rings (SSSR count). The maximum atomic E-state index is 14.5. The summed E-state index contributed by atoms with van der Waals surface area (Å²) in [7, 11) is 0. The van der Waals surface area contributed by atoms with Gasteiger partial charge in [-0.1, -0.05) is 30.3 Å². The minimum Gasteiger partial charge on any atom is -0.300 e. The van der Waals surface area contributed by atoms with Crippen molar-refractivity contribution in [3.8, 4) is 0 Å². The van der Waals surface area contributed by atoms with Crippen LogP contribution in [0.4, 0.5) is 13.2 Å². The second kappa shape index (κ2) is 9.45. The molecule has 0 N–H and O–H groups in total. The molecule has 2 heterocycles. The van der Waals surface area contributed by atoms with E-state index in [9.17, 15) is 18.0 Å². The van der Waals surface area contributed by atoms with Crippen LogP contribution in [0, 0.1) is 11.6 Å². The fourth-order valence-corrected chi connectivity index (χ4v) is 4.95. The largest absolute Gasteiger partial charge is 0.300 e. The van der Waals surface area contributed by atoms with E-state index in [0.717, 1.165) is 43.1 Å². The number of rotatable bonds is 6. The van der Waals surface area contributed by atoms with E-state index in [0.29, 0.717) is 31.6 Å². The molecule has 0 radical (unpaired) electrons. The molecule has 1 unspecified atom stereocenters. The van der Waals surface area contributed by atoms with Crippen molar-refractivity contribution < 1.29 is 18.0 Å². The molecule has 32 heavy (non-hydrogen) atoms. The number of hydrogen-bond acceptors (Lipinski definition) is 3. The summed E-state index contributed by atoms with van der Waals surface area (Å²) in [4.78, 5) is 14.8. The number of hydrazone groups is 1. The van der Waals surface area contributed by atoms with E-state index in [1.807, 2.05) is 30.3 Å². The lowest BCUT2D eigenvalue weighted by Gasteiger charge is -2.37. The van der Waals surface area contributed by atoms with Gasteiger partial charge in [0.05, 0.1) is 11.3 Å². The van der Waals surface area contributed by atoms with Crippen molar-refractivity contribution in [2.24, 2.45) is 5.10 Å². The highest BCUT2D eigenvalue weighted by molar-refractivity contribution is 6.03. The number of halogens is 3. The minimum atomic E-state index is -0.800. The Morgan fingerprint density at radius 1 is 1.19 bits per heavy atom. The van der Waals surface area contributed by atoms with Gasteiger partial charge < -0.3 is 4.90 Å². The summed E-state index contributed by atoms with van der Waals surface area (Å²) in [6.07, 6.45) is 2.24. The molecule has 2 atom stereocenters. The van der Waals surface area contributed by atoms with Gasteiger partial charge >= 0.3 is 0 Å². The minimum absolute atomic E-state index is 0.0744. The molecule has 0 aliphatic carbocycles. The molecule has 170 valence electrons. The van der Waals surface area contributed by atoms with E-state index in [-0.39, 0.29) is 17.9 Å². The highest BCUT2D eigenvalue weighted by atomic mass is 19.1. The van der Waals surface area contributed by atoms with E-state index >= 15 is 0 Å². The summed E-state index contributed by atoms with van der Waals surface area (Å²) in [5, 5.41) is 5.91. The Kier molecular flexibility index (Phi) is 6.65. The predicted octanol–water partition coefficient (Wildman–Crippen LogP) is 5.03. The third-order valence-corrected chi connectivity index (χ3v) is 6.45. The number of carbonyl (C=O) groups is 1. The van der Waals surface area contributed by atoms with Gasteiger partial charge in [-0.05, 0) is 62.5 Å². The van der Waals surface area contributed by atoms with Gasteiger partial charge in [0.2, 0.25) is 5.91 Å². The fraction of sp³-hybridized carbons (Fsp3) is 0.440. The van der Waals surface area contributed by atoms with Crippen molar-refractivity contribution in [3.05, 3.63) is 71.3 Å². The first-order valence-electron chi connectivity index (χ1n) is 11.1. The van der Waals surface area contributed by atoms with Crippen LogP contribution in [0.2, 0.25) is 0 Å². The zero-order valence-corrected chi connectivity index (χ0v) is 18.2. The summed E-state index contributed by atoms with van der Waals surface area (Å²) in [5.41, 5.74) is 0.521. The quantitative estimate of drug-likeness (QED) is 0.628. The van der Waals surface area contributed by atoms with Crippen molar-refractivity contribution in [1.82, 2.24) is 9.91 Å². The number of benzene rings is 2. The number of piperidine rings is 1. The lowest BCUT2D eigenvalue weighted by atomic mass is 9.80. The second-order valence-corrected chi connectivity index (χ2v) is 8.72. The van der Waals surface area contributed by atoms with Crippen molar-refractivity contribution in [3.63, 3.8) is 0 Å². The molecule has 1 saturated heterocycles. The Balaban J connectivity index is 1.64. The lowest BCUT2D eigenvalue weighted by molar-refractivity contribution is -0.135. The maximum absolute atomic E-state index is 14.5. The van der Waals surface area contributed by atoms with Gasteiger partial charge in [-0.3, -0.25) is 4.79 Å². The van der Waals surface area contributed by atoms with Crippen molar-refractivity contribution in [2.45, 2.75) is 50.7 Å². The molecule has 2 aromatic rings. The van der Waals surface area contributed by atoms with Crippen molar-refractivity contribution in [2.75, 3.05) is 19.6 Å². The predicted molar refractivity (Wildman–Crippen MR) is 118 cm³/mol. The second-order valence-electron chi connectivity index (χ2n) is 8.72. The van der Waals surface area contributed by atoms with Gasteiger partial charge in [0, 0.05) is 25.5 Å². The molecular weight excluding hydrogens is 415 g/mol. The molecule has 4 nitrogen and oxygen atoms in total. The van der Waals surface area contributed by atoms with Crippen LogP contribution in [0.3, 0.4) is 0 Å². The lowest BCUT2D eigenvalue weighted by Crippen LogP contribution is -2.44. The first kappa shape index (κ1) is 22.5. The van der Waals surface area contributed by atoms with Crippen molar-refractivity contribution in [1.29, 1.82) is 0 Å². The smallest absolute Gasteiger partial charge is 0.240 e. The van der Waals surface area contributed by atoms with Crippen LogP contribution in [0.15, 0.2) is 53.6 Å². The van der Waals surface area contributed by atoms with Crippen LogP contribution in [-0.4, -0.2) is 47.3 Å². The summed E-state index contributed by atoms with van der Waals surface area (Å²) in [6, 6.07) is 12.8. The van der Waals surface area contributed by atoms with E-state index in [4.69, 9.17) is 0 Å². The van der Waals surface area contributed by atoms with Gasteiger partial charge in [0.25, 0.3) is 0 Å². The summed E-state index contributed by atoms with van der Waals surface area (Å²) in [5.74, 6) is -1.39. The highest BCUT2D eigenvalue weighted by Gasteiger charge is 2.46. The van der Waals surface area contributed by atoms with Gasteiger partial charge in [0.15, 0.2) is 0 Å². The SMILES string of the molecule is CC(=O)N1N=C(c2cc(F)ccc2F)C[C@@]1(CCCN1CCCC(F)C1)c1ccccc1. The topological polar surface area (TPSA) is 35.9 Å². The maximum Gasteiger partial charge on any atom is 0.240 e. The number of amides is 1. The van der Waals surface area contributed by atoms with Crippen LogP contribution in [0.5, 0.6) is 0 Å². The van der Waals surface area contributed by atoms with E-state index < -0.39 is 23.3 Å². The fourth-order valence-electron chi connectivity index (χ4n) is 4.95. The highest BCUT2D eigenvalue weighted by Crippen LogP contribution is 2.43. The average molecular weight is 444 g/mol. The van der Waals surface area contributed by atoms with E-state index in [2.05, 4.69) is 10.0 Å². The zero-order chi connectivity index (χ0) is 22.7. The first-order valence-corrected chi connectivity index (χ1v) is 11.1. The third-order valence-electron chi connectivity index (χ3n) is 6.45. The molecule has 1 fully saturated rings. The van der Waals surface area contributed by atoms with Crippen molar-refractivity contribution >= 4 is 11.6 Å². The average Bonchev–Trinajstić information content (AvgIpc) is 3.17. The van der Waals surface area contributed by atoms with Gasteiger partial charge in [0.1, 0.15) is 17.8 Å². The summed E-state index contributed by atoms with van der Waals surface area (Å²) >= 11 is 0. The Hall–Kier alpha value is -2.67. The van der Waals surface area contributed by atoms with Crippen LogP contribution in [-0.2, 0) is 10.3 Å². The van der Waals surface area contributed by atoms with Crippen LogP contribution in [0.25, 0.3) is 0 Å². The monoisotopic (exact) mass is 443 g/mol. The molecule has 7 heteroatoms. The standard InChI is InChI=1S/C25H28F3N3O/c1-18(32)31-25(19-7-3-2-4-8-19,12-6-14-30-13-5-9-21(27)17-30)16-24(29-31)22-15-20(26)10-11-23(22)28/h2-4,7-8,10-11,15,21H,5-6,9,12-14,16-17H2,1H3/t21?,25-/m0/s1. The normalized spacial score (nSPS) is 23.9.